The summed E-state index contributed by atoms with van der Waals surface area (Å²) in [5.41, 5.74) is 2.22. The van der Waals surface area contributed by atoms with Gasteiger partial charge in [0.15, 0.2) is 5.82 Å². The molecule has 7 nitrogen and oxygen atoms in total. The van der Waals surface area contributed by atoms with Gasteiger partial charge in [-0.25, -0.2) is 4.98 Å². The third-order valence-electron chi connectivity index (χ3n) is 4.38. The number of morpholine rings is 1. The maximum atomic E-state index is 5.40. The van der Waals surface area contributed by atoms with Gasteiger partial charge in [-0.3, -0.25) is 9.58 Å². The second-order valence-corrected chi connectivity index (χ2v) is 5.82. The number of hydrogen-bond donors (Lipinski definition) is 1. The van der Waals surface area contributed by atoms with E-state index >= 15 is 0 Å². The molecule has 2 aliphatic heterocycles. The number of ether oxygens (including phenoxy) is 1. The first-order valence-corrected chi connectivity index (χ1v) is 7.99. The van der Waals surface area contributed by atoms with Crippen molar-refractivity contribution in [3.05, 3.63) is 24.2 Å². The van der Waals surface area contributed by atoms with Crippen molar-refractivity contribution >= 4 is 24.8 Å². The quantitative estimate of drug-likeness (QED) is 0.865. The van der Waals surface area contributed by atoms with E-state index < -0.39 is 0 Å². The van der Waals surface area contributed by atoms with E-state index in [4.69, 9.17) is 9.84 Å². The molecule has 0 unspecified atom stereocenters. The summed E-state index contributed by atoms with van der Waals surface area (Å²) in [5.74, 6) is 0.968. The zero-order valence-corrected chi connectivity index (χ0v) is 15.2. The fourth-order valence-electron chi connectivity index (χ4n) is 3.10. The molecule has 1 N–H and O–H groups in total. The molecule has 0 aliphatic carbocycles. The summed E-state index contributed by atoms with van der Waals surface area (Å²) >= 11 is 0. The summed E-state index contributed by atoms with van der Waals surface area (Å²) in [7, 11) is 0. The Morgan fingerprint density at radius 3 is 2.75 bits per heavy atom. The first kappa shape index (κ1) is 19.2. The highest BCUT2D eigenvalue weighted by atomic mass is 35.5. The molecule has 0 amide bonds. The van der Waals surface area contributed by atoms with Gasteiger partial charge in [0.1, 0.15) is 5.69 Å². The normalized spacial score (nSPS) is 17.7. The van der Waals surface area contributed by atoms with Crippen molar-refractivity contribution in [3.8, 4) is 11.5 Å². The maximum absolute atomic E-state index is 5.40. The minimum Gasteiger partial charge on any atom is -0.379 e. The monoisotopic (exact) mass is 374 g/mol. The minimum atomic E-state index is 0. The Hall–Kier alpha value is -1.12. The molecule has 0 aromatic carbocycles. The standard InChI is InChI=1S/C15H22N6O.2ClH/c1-4-21-13(12-16-1)11-14(18-21)15-17-2-3-20(15)6-5-19-7-9-22-10-8-19;;/h2-3,11,16H,1,4-10,12H2;2*1H. The summed E-state index contributed by atoms with van der Waals surface area (Å²) in [6, 6.07) is 2.15. The molecular weight excluding hydrogens is 351 g/mol. The Morgan fingerprint density at radius 1 is 1.12 bits per heavy atom. The van der Waals surface area contributed by atoms with Gasteiger partial charge >= 0.3 is 0 Å². The van der Waals surface area contributed by atoms with Crippen LogP contribution in [0.2, 0.25) is 0 Å². The van der Waals surface area contributed by atoms with Gasteiger partial charge in [-0.2, -0.15) is 5.10 Å². The molecule has 0 spiro atoms. The molecular formula is C15H24Cl2N6O. The van der Waals surface area contributed by atoms with E-state index in [2.05, 4.69) is 30.5 Å². The second-order valence-electron chi connectivity index (χ2n) is 5.82. The van der Waals surface area contributed by atoms with Gasteiger partial charge < -0.3 is 14.6 Å². The molecule has 1 fully saturated rings. The van der Waals surface area contributed by atoms with Gasteiger partial charge in [-0.1, -0.05) is 0 Å². The Bertz CT molecular complexity index is 614. The van der Waals surface area contributed by atoms with Gasteiger partial charge in [0.2, 0.25) is 0 Å². The molecule has 0 saturated carbocycles. The molecule has 4 rings (SSSR count). The van der Waals surface area contributed by atoms with E-state index in [0.29, 0.717) is 0 Å². The summed E-state index contributed by atoms with van der Waals surface area (Å²) in [6.45, 7) is 8.51. The zero-order chi connectivity index (χ0) is 14.8. The average molecular weight is 375 g/mol. The van der Waals surface area contributed by atoms with E-state index in [-0.39, 0.29) is 24.8 Å². The first-order chi connectivity index (χ1) is 10.9. The Morgan fingerprint density at radius 2 is 1.96 bits per heavy atom. The van der Waals surface area contributed by atoms with Crippen molar-refractivity contribution in [1.82, 2.24) is 29.5 Å². The molecule has 9 heteroatoms. The number of hydrogen-bond acceptors (Lipinski definition) is 5. The smallest absolute Gasteiger partial charge is 0.160 e. The fraction of sp³-hybridized carbons (Fsp3) is 0.600. The summed E-state index contributed by atoms with van der Waals surface area (Å²) in [6.07, 6.45) is 3.91. The van der Waals surface area contributed by atoms with E-state index in [0.717, 1.165) is 70.5 Å². The van der Waals surface area contributed by atoms with E-state index in [1.54, 1.807) is 0 Å². The van der Waals surface area contributed by atoms with Crippen LogP contribution in [0.5, 0.6) is 0 Å². The van der Waals surface area contributed by atoms with Crippen molar-refractivity contribution in [2.75, 3.05) is 39.4 Å². The van der Waals surface area contributed by atoms with Crippen LogP contribution in [0.1, 0.15) is 5.69 Å². The molecule has 24 heavy (non-hydrogen) atoms. The number of imidazole rings is 1. The topological polar surface area (TPSA) is 60.1 Å². The Balaban J connectivity index is 0.00000104. The predicted octanol–water partition coefficient (Wildman–Crippen LogP) is 1.03. The van der Waals surface area contributed by atoms with Gasteiger partial charge in [0, 0.05) is 51.7 Å². The summed E-state index contributed by atoms with van der Waals surface area (Å²) in [4.78, 5) is 6.96. The molecule has 2 aliphatic rings. The zero-order valence-electron chi connectivity index (χ0n) is 13.6. The van der Waals surface area contributed by atoms with E-state index in [1.807, 2.05) is 12.4 Å². The third-order valence-corrected chi connectivity index (χ3v) is 4.38. The molecule has 0 radical (unpaired) electrons. The van der Waals surface area contributed by atoms with Crippen LogP contribution >= 0.6 is 24.8 Å². The van der Waals surface area contributed by atoms with Crippen LogP contribution in [0, 0.1) is 0 Å². The highest BCUT2D eigenvalue weighted by molar-refractivity contribution is 5.85. The lowest BCUT2D eigenvalue weighted by molar-refractivity contribution is 0.0364. The maximum Gasteiger partial charge on any atom is 0.160 e. The molecule has 134 valence electrons. The van der Waals surface area contributed by atoms with Crippen LogP contribution in [0.25, 0.3) is 11.5 Å². The minimum absolute atomic E-state index is 0. The molecule has 0 bridgehead atoms. The number of halogens is 2. The Labute approximate surface area is 154 Å². The third kappa shape index (κ3) is 4.10. The highest BCUT2D eigenvalue weighted by Crippen LogP contribution is 2.19. The number of aromatic nitrogens is 4. The van der Waals surface area contributed by atoms with Crippen molar-refractivity contribution in [2.24, 2.45) is 0 Å². The fourth-order valence-corrected chi connectivity index (χ4v) is 3.10. The molecule has 0 atom stereocenters. The van der Waals surface area contributed by atoms with Crippen molar-refractivity contribution < 1.29 is 4.74 Å². The lowest BCUT2D eigenvalue weighted by atomic mass is 10.3. The summed E-state index contributed by atoms with van der Waals surface area (Å²) in [5, 5.41) is 8.08. The van der Waals surface area contributed by atoms with Gasteiger partial charge in [0.05, 0.1) is 25.5 Å². The predicted molar refractivity (Wildman–Crippen MR) is 96.9 cm³/mol. The Kier molecular flexibility index (Phi) is 7.06. The van der Waals surface area contributed by atoms with Crippen LogP contribution < -0.4 is 5.32 Å². The number of nitrogens with one attached hydrogen (secondary N) is 1. The molecule has 1 saturated heterocycles. The van der Waals surface area contributed by atoms with Crippen LogP contribution in [0.4, 0.5) is 0 Å². The number of nitrogens with zero attached hydrogens (tertiary/aromatic N) is 5. The van der Waals surface area contributed by atoms with Crippen LogP contribution in [0.15, 0.2) is 18.5 Å². The van der Waals surface area contributed by atoms with Crippen LogP contribution in [-0.4, -0.2) is 63.6 Å². The largest absolute Gasteiger partial charge is 0.379 e. The van der Waals surface area contributed by atoms with E-state index in [1.165, 1.54) is 5.69 Å². The lowest BCUT2D eigenvalue weighted by Crippen LogP contribution is -2.38. The molecule has 4 heterocycles. The lowest BCUT2D eigenvalue weighted by Gasteiger charge is -2.26. The number of fused-ring (bicyclic) bond motifs is 1. The highest BCUT2D eigenvalue weighted by Gasteiger charge is 2.16. The van der Waals surface area contributed by atoms with E-state index in [9.17, 15) is 0 Å². The number of rotatable bonds is 4. The second kappa shape index (κ2) is 8.82. The summed E-state index contributed by atoms with van der Waals surface area (Å²) < 4.78 is 9.69. The molecule has 2 aromatic rings. The first-order valence-electron chi connectivity index (χ1n) is 7.99. The SMILES string of the molecule is Cl.Cl.c1cn(CCN2CCOCC2)c(-c2cc3n(n2)CCNC3)n1. The van der Waals surface area contributed by atoms with Gasteiger partial charge in [0.25, 0.3) is 0 Å². The average Bonchev–Trinajstić information content (AvgIpc) is 3.20. The van der Waals surface area contributed by atoms with Crippen LogP contribution in [-0.2, 0) is 24.4 Å². The van der Waals surface area contributed by atoms with Crippen molar-refractivity contribution in [2.45, 2.75) is 19.6 Å². The molecule has 2 aromatic heterocycles. The van der Waals surface area contributed by atoms with Gasteiger partial charge in [-0.15, -0.1) is 24.8 Å². The van der Waals surface area contributed by atoms with Crippen molar-refractivity contribution in [3.63, 3.8) is 0 Å². The van der Waals surface area contributed by atoms with Crippen LogP contribution in [0.3, 0.4) is 0 Å². The van der Waals surface area contributed by atoms with Crippen molar-refractivity contribution in [1.29, 1.82) is 0 Å². The van der Waals surface area contributed by atoms with Gasteiger partial charge in [-0.05, 0) is 6.07 Å².